The minimum absolute atomic E-state index is 0.00166. The monoisotopic (exact) mass is 212 g/mol. The molecule has 0 aliphatic heterocycles. The van der Waals surface area contributed by atoms with E-state index in [0.29, 0.717) is 37.8 Å². The molecule has 0 aliphatic carbocycles. The zero-order chi connectivity index (χ0) is 11.1. The summed E-state index contributed by atoms with van der Waals surface area (Å²) >= 11 is 0. The summed E-state index contributed by atoms with van der Waals surface area (Å²) in [5.74, 6) is 1.23. The molecule has 2 N–H and O–H groups in total. The molecule has 6 heteroatoms. The summed E-state index contributed by atoms with van der Waals surface area (Å²) in [4.78, 5) is 15.1. The average molecular weight is 212 g/mol. The van der Waals surface area contributed by atoms with Crippen LogP contribution < -0.4 is 10.6 Å². The van der Waals surface area contributed by atoms with E-state index in [-0.39, 0.29) is 5.91 Å². The van der Waals surface area contributed by atoms with Crippen LogP contribution in [0.25, 0.3) is 0 Å². The van der Waals surface area contributed by atoms with Gasteiger partial charge in [0, 0.05) is 26.4 Å². The number of nitrogens with zero attached hydrogens (tertiary/aromatic N) is 2. The fraction of sp³-hybridized carbons (Fsp3) is 0.667. The lowest BCUT2D eigenvalue weighted by atomic mass is 10.4. The molecule has 1 rings (SSSR count). The zero-order valence-electron chi connectivity index (χ0n) is 9.04. The van der Waals surface area contributed by atoms with E-state index in [9.17, 15) is 4.79 Å². The van der Waals surface area contributed by atoms with Gasteiger partial charge in [-0.1, -0.05) is 5.16 Å². The maximum atomic E-state index is 11.0. The van der Waals surface area contributed by atoms with Gasteiger partial charge in [-0.15, -0.1) is 0 Å². The van der Waals surface area contributed by atoms with Crippen molar-refractivity contribution in [1.82, 2.24) is 20.8 Å². The van der Waals surface area contributed by atoms with Gasteiger partial charge in [-0.3, -0.25) is 4.79 Å². The van der Waals surface area contributed by atoms with Crippen molar-refractivity contribution < 1.29 is 9.32 Å². The van der Waals surface area contributed by atoms with E-state index in [2.05, 4.69) is 20.8 Å². The number of rotatable bonds is 6. The number of nitrogens with one attached hydrogen (secondary N) is 2. The Labute approximate surface area is 88.4 Å². The molecule has 1 aromatic rings. The third kappa shape index (κ3) is 4.55. The second-order valence-corrected chi connectivity index (χ2v) is 3.11. The molecule has 0 radical (unpaired) electrons. The Morgan fingerprint density at radius 3 is 2.93 bits per heavy atom. The molecule has 0 aromatic carbocycles. The minimum atomic E-state index is 0.00166. The highest BCUT2D eigenvalue weighted by Crippen LogP contribution is 1.94. The first kappa shape index (κ1) is 11.6. The smallest absolute Gasteiger partial charge is 0.233 e. The van der Waals surface area contributed by atoms with Crippen molar-refractivity contribution in [3.8, 4) is 0 Å². The van der Waals surface area contributed by atoms with E-state index >= 15 is 0 Å². The van der Waals surface area contributed by atoms with Crippen molar-refractivity contribution in [2.24, 2.45) is 0 Å². The summed E-state index contributed by atoms with van der Waals surface area (Å²) in [6.45, 7) is 5.28. The Kier molecular flexibility index (Phi) is 4.76. The number of carbonyl (C=O) groups excluding carboxylic acids is 1. The lowest BCUT2D eigenvalue weighted by Gasteiger charge is -2.02. The summed E-state index contributed by atoms with van der Waals surface area (Å²) in [7, 11) is 0. The van der Waals surface area contributed by atoms with Crippen molar-refractivity contribution in [1.29, 1.82) is 0 Å². The third-order valence-electron chi connectivity index (χ3n) is 1.75. The maximum Gasteiger partial charge on any atom is 0.233 e. The van der Waals surface area contributed by atoms with Crippen LogP contribution in [0.2, 0.25) is 0 Å². The van der Waals surface area contributed by atoms with Crippen molar-refractivity contribution in [3.63, 3.8) is 0 Å². The van der Waals surface area contributed by atoms with Gasteiger partial charge in [0.05, 0.1) is 6.54 Å². The van der Waals surface area contributed by atoms with Crippen LogP contribution in [0, 0.1) is 6.92 Å². The van der Waals surface area contributed by atoms with Gasteiger partial charge < -0.3 is 15.2 Å². The van der Waals surface area contributed by atoms with Crippen LogP contribution in [0.3, 0.4) is 0 Å². The summed E-state index contributed by atoms with van der Waals surface area (Å²) in [5.41, 5.74) is 0. The van der Waals surface area contributed by atoms with Crippen molar-refractivity contribution in [2.45, 2.75) is 20.3 Å². The van der Waals surface area contributed by atoms with Gasteiger partial charge in [0.1, 0.15) is 0 Å². The van der Waals surface area contributed by atoms with E-state index < -0.39 is 0 Å². The lowest BCUT2D eigenvalue weighted by molar-refractivity contribution is -0.120. The number of amides is 1. The van der Waals surface area contributed by atoms with Gasteiger partial charge in [-0.2, -0.15) is 4.98 Å². The van der Waals surface area contributed by atoms with Crippen molar-refractivity contribution in [3.05, 3.63) is 11.7 Å². The van der Waals surface area contributed by atoms with Crippen LogP contribution in [0.4, 0.5) is 0 Å². The molecule has 0 spiro atoms. The largest absolute Gasteiger partial charge is 0.355 e. The van der Waals surface area contributed by atoms with Crippen LogP contribution in [0.5, 0.6) is 0 Å². The van der Waals surface area contributed by atoms with Crippen molar-refractivity contribution in [2.75, 3.05) is 19.6 Å². The molecule has 6 nitrogen and oxygen atoms in total. The Bertz CT molecular complexity index is 311. The number of hydrogen-bond acceptors (Lipinski definition) is 5. The predicted octanol–water partition coefficient (Wildman–Crippen LogP) is -0.354. The Balaban J connectivity index is 2.09. The molecule has 84 valence electrons. The molecular formula is C9H16N4O2. The highest BCUT2D eigenvalue weighted by Gasteiger charge is 2.02. The molecular weight excluding hydrogens is 196 g/mol. The van der Waals surface area contributed by atoms with E-state index in [1.54, 1.807) is 6.92 Å². The van der Waals surface area contributed by atoms with Gasteiger partial charge in [-0.25, -0.2) is 0 Å². The summed E-state index contributed by atoms with van der Waals surface area (Å²) in [6, 6.07) is 0. The molecule has 0 fully saturated rings. The molecule has 15 heavy (non-hydrogen) atoms. The molecule has 0 saturated heterocycles. The van der Waals surface area contributed by atoms with E-state index in [4.69, 9.17) is 4.52 Å². The first-order valence-corrected chi connectivity index (χ1v) is 4.99. The molecule has 1 aromatic heterocycles. The quantitative estimate of drug-likeness (QED) is 0.630. The maximum absolute atomic E-state index is 11.0. The normalized spacial score (nSPS) is 10.3. The van der Waals surface area contributed by atoms with Crippen LogP contribution in [-0.2, 0) is 11.2 Å². The van der Waals surface area contributed by atoms with Crippen molar-refractivity contribution >= 4 is 5.91 Å². The Morgan fingerprint density at radius 2 is 2.33 bits per heavy atom. The van der Waals surface area contributed by atoms with Gasteiger partial charge in [0.15, 0.2) is 5.82 Å². The SMILES string of the molecule is CCNC(=O)CNCCc1noc(C)n1. The third-order valence-corrected chi connectivity index (χ3v) is 1.75. The lowest BCUT2D eigenvalue weighted by Crippen LogP contribution is -2.34. The first-order valence-electron chi connectivity index (χ1n) is 4.99. The van der Waals surface area contributed by atoms with Gasteiger partial charge >= 0.3 is 0 Å². The molecule has 1 amide bonds. The summed E-state index contributed by atoms with van der Waals surface area (Å²) in [5, 5.41) is 9.43. The molecule has 0 saturated carbocycles. The molecule has 0 bridgehead atoms. The highest BCUT2D eigenvalue weighted by atomic mass is 16.5. The second kappa shape index (κ2) is 6.13. The molecule has 0 unspecified atom stereocenters. The number of aromatic nitrogens is 2. The number of aryl methyl sites for hydroxylation is 1. The number of carbonyl (C=O) groups is 1. The number of likely N-dealkylation sites (N-methyl/N-ethyl adjacent to an activating group) is 1. The first-order chi connectivity index (χ1) is 7.22. The molecule has 0 aliphatic rings. The van der Waals surface area contributed by atoms with Gasteiger partial charge in [0.25, 0.3) is 0 Å². The molecule has 1 heterocycles. The van der Waals surface area contributed by atoms with E-state index in [0.717, 1.165) is 0 Å². The Morgan fingerprint density at radius 1 is 1.53 bits per heavy atom. The summed E-state index contributed by atoms with van der Waals surface area (Å²) in [6.07, 6.45) is 0.663. The average Bonchev–Trinajstić information content (AvgIpc) is 2.60. The van der Waals surface area contributed by atoms with Gasteiger partial charge in [0.2, 0.25) is 11.8 Å². The number of hydrogen-bond donors (Lipinski definition) is 2. The highest BCUT2D eigenvalue weighted by molar-refractivity contribution is 5.77. The van der Waals surface area contributed by atoms with E-state index in [1.165, 1.54) is 0 Å². The molecule has 0 atom stereocenters. The van der Waals surface area contributed by atoms with Crippen LogP contribution in [0.1, 0.15) is 18.6 Å². The zero-order valence-corrected chi connectivity index (χ0v) is 9.04. The summed E-state index contributed by atoms with van der Waals surface area (Å²) < 4.78 is 4.81. The predicted molar refractivity (Wildman–Crippen MR) is 54.3 cm³/mol. The second-order valence-electron chi connectivity index (χ2n) is 3.11. The standard InChI is InChI=1S/C9H16N4O2/c1-3-11-9(14)6-10-5-4-8-12-7(2)15-13-8/h10H,3-6H2,1-2H3,(H,11,14). The van der Waals surface area contributed by atoms with E-state index in [1.807, 2.05) is 6.92 Å². The minimum Gasteiger partial charge on any atom is -0.355 e. The van der Waals surface area contributed by atoms with Crippen LogP contribution in [-0.4, -0.2) is 35.7 Å². The topological polar surface area (TPSA) is 80.0 Å². The van der Waals surface area contributed by atoms with Gasteiger partial charge in [-0.05, 0) is 6.92 Å². The Hall–Kier alpha value is -1.43. The van der Waals surface area contributed by atoms with Crippen LogP contribution >= 0.6 is 0 Å². The van der Waals surface area contributed by atoms with Crippen LogP contribution in [0.15, 0.2) is 4.52 Å². The fourth-order valence-electron chi connectivity index (χ4n) is 1.10. The fourth-order valence-corrected chi connectivity index (χ4v) is 1.10.